The Bertz CT molecular complexity index is 847. The molecule has 0 radical (unpaired) electrons. The van der Waals surface area contributed by atoms with Crippen LogP contribution >= 0.6 is 11.6 Å². The normalized spacial score (nSPS) is 17.0. The number of rotatable bonds is 3. The monoisotopic (exact) mass is 357 g/mol. The minimum Gasteiger partial charge on any atom is -0.426 e. The number of amides is 1. The highest BCUT2D eigenvalue weighted by molar-refractivity contribution is 6.31. The van der Waals surface area contributed by atoms with Gasteiger partial charge in [0.15, 0.2) is 0 Å². The van der Waals surface area contributed by atoms with Crippen molar-refractivity contribution in [3.63, 3.8) is 0 Å². The Labute approximate surface area is 152 Å². The van der Waals surface area contributed by atoms with Crippen LogP contribution in [0.5, 0.6) is 5.75 Å². The Hall–Kier alpha value is -2.33. The summed E-state index contributed by atoms with van der Waals surface area (Å²) in [7, 11) is 0. The summed E-state index contributed by atoms with van der Waals surface area (Å²) >= 11 is 6.15. The molecule has 0 saturated carbocycles. The van der Waals surface area contributed by atoms with E-state index in [9.17, 15) is 9.59 Å². The van der Waals surface area contributed by atoms with Crippen LogP contribution < -0.4 is 9.64 Å². The molecule has 1 fully saturated rings. The third-order valence-electron chi connectivity index (χ3n) is 4.54. The first-order valence-corrected chi connectivity index (χ1v) is 8.59. The maximum Gasteiger partial charge on any atom is 0.316 e. The number of anilines is 1. The summed E-state index contributed by atoms with van der Waals surface area (Å²) in [5, 5.41) is 0.603. The highest BCUT2D eigenvalue weighted by Gasteiger charge is 2.37. The van der Waals surface area contributed by atoms with E-state index in [1.165, 1.54) is 0 Å². The van der Waals surface area contributed by atoms with Crippen molar-refractivity contribution in [2.24, 2.45) is 5.92 Å². The molecule has 2 aromatic carbocycles. The molecule has 1 atom stereocenters. The third kappa shape index (κ3) is 3.54. The Morgan fingerprint density at radius 1 is 1.20 bits per heavy atom. The van der Waals surface area contributed by atoms with Crippen LogP contribution in [-0.2, 0) is 9.59 Å². The van der Waals surface area contributed by atoms with Gasteiger partial charge in [-0.05, 0) is 55.7 Å². The van der Waals surface area contributed by atoms with Gasteiger partial charge in [-0.15, -0.1) is 0 Å². The van der Waals surface area contributed by atoms with Crippen LogP contribution in [0.3, 0.4) is 0 Å². The number of nitrogens with zero attached hydrogens (tertiary/aromatic N) is 1. The van der Waals surface area contributed by atoms with Crippen molar-refractivity contribution in [3.8, 4) is 5.75 Å². The molecule has 0 bridgehead atoms. The van der Waals surface area contributed by atoms with Gasteiger partial charge in [0.25, 0.3) is 0 Å². The van der Waals surface area contributed by atoms with Crippen LogP contribution in [0.1, 0.15) is 23.1 Å². The van der Waals surface area contributed by atoms with Crippen molar-refractivity contribution in [3.05, 3.63) is 58.1 Å². The second-order valence-corrected chi connectivity index (χ2v) is 6.89. The van der Waals surface area contributed by atoms with Crippen molar-refractivity contribution < 1.29 is 14.3 Å². The van der Waals surface area contributed by atoms with Gasteiger partial charge in [-0.2, -0.15) is 0 Å². The minimum atomic E-state index is -0.481. The zero-order valence-corrected chi connectivity index (χ0v) is 15.3. The summed E-state index contributed by atoms with van der Waals surface area (Å²) < 4.78 is 5.55. The molecule has 0 aliphatic carbocycles. The fraction of sp³-hybridized carbons (Fsp3) is 0.300. The molecule has 1 saturated heterocycles. The molecule has 0 unspecified atom stereocenters. The molecule has 1 aliphatic heterocycles. The molecule has 1 amide bonds. The van der Waals surface area contributed by atoms with Gasteiger partial charge in [-0.3, -0.25) is 9.59 Å². The summed E-state index contributed by atoms with van der Waals surface area (Å²) in [6.07, 6.45) is 0.148. The molecular weight excluding hydrogens is 338 g/mol. The molecule has 2 aromatic rings. The molecule has 3 rings (SSSR count). The van der Waals surface area contributed by atoms with E-state index < -0.39 is 5.92 Å². The maximum absolute atomic E-state index is 12.5. The predicted octanol–water partition coefficient (Wildman–Crippen LogP) is 4.22. The lowest BCUT2D eigenvalue weighted by Crippen LogP contribution is -2.28. The fourth-order valence-electron chi connectivity index (χ4n) is 3.00. The lowest BCUT2D eigenvalue weighted by molar-refractivity contribution is -0.139. The van der Waals surface area contributed by atoms with Crippen molar-refractivity contribution in [1.29, 1.82) is 0 Å². The number of aryl methyl sites for hydroxylation is 2. The number of carbonyl (C=O) groups is 2. The Kier molecular flexibility index (Phi) is 4.82. The predicted molar refractivity (Wildman–Crippen MR) is 98.2 cm³/mol. The lowest BCUT2D eigenvalue weighted by atomic mass is 10.1. The standard InChI is InChI=1S/C20H20ClNO3/c1-12-7-8-13(2)18(9-12)25-20(24)15-10-19(23)22(11-15)17-6-4-5-16(21)14(17)3/h4-9,15H,10-11H2,1-3H3/t15-/m1/s1. The third-order valence-corrected chi connectivity index (χ3v) is 4.95. The smallest absolute Gasteiger partial charge is 0.316 e. The number of hydrogen-bond donors (Lipinski definition) is 0. The molecule has 130 valence electrons. The van der Waals surface area contributed by atoms with Crippen molar-refractivity contribution in [2.75, 3.05) is 11.4 Å². The van der Waals surface area contributed by atoms with Crippen molar-refractivity contribution in [2.45, 2.75) is 27.2 Å². The molecule has 0 spiro atoms. The minimum absolute atomic E-state index is 0.0896. The van der Waals surface area contributed by atoms with Gasteiger partial charge in [0.05, 0.1) is 5.92 Å². The Morgan fingerprint density at radius 3 is 2.72 bits per heavy atom. The maximum atomic E-state index is 12.5. The summed E-state index contributed by atoms with van der Waals surface area (Å²) in [5.41, 5.74) is 3.50. The molecule has 1 aliphatic rings. The number of halogens is 1. The van der Waals surface area contributed by atoms with Crippen molar-refractivity contribution in [1.82, 2.24) is 0 Å². The van der Waals surface area contributed by atoms with Gasteiger partial charge in [-0.25, -0.2) is 0 Å². The van der Waals surface area contributed by atoms with Crippen molar-refractivity contribution >= 4 is 29.2 Å². The lowest BCUT2D eigenvalue weighted by Gasteiger charge is -2.19. The molecule has 0 aromatic heterocycles. The molecule has 1 heterocycles. The van der Waals surface area contributed by atoms with Gasteiger partial charge in [0.1, 0.15) is 5.75 Å². The number of ether oxygens (including phenoxy) is 1. The summed E-state index contributed by atoms with van der Waals surface area (Å²) in [5.74, 6) is -0.391. The first-order valence-electron chi connectivity index (χ1n) is 8.21. The zero-order valence-electron chi connectivity index (χ0n) is 14.5. The quantitative estimate of drug-likeness (QED) is 0.610. The van der Waals surface area contributed by atoms with Gasteiger partial charge in [-0.1, -0.05) is 29.8 Å². The zero-order chi connectivity index (χ0) is 18.1. The largest absolute Gasteiger partial charge is 0.426 e. The number of hydrogen-bond acceptors (Lipinski definition) is 3. The van der Waals surface area contributed by atoms with E-state index in [1.807, 2.05) is 45.0 Å². The van der Waals surface area contributed by atoms with E-state index in [2.05, 4.69) is 0 Å². The molecule has 5 heteroatoms. The fourth-order valence-corrected chi connectivity index (χ4v) is 3.17. The Balaban J connectivity index is 1.77. The molecule has 4 nitrogen and oxygen atoms in total. The van der Waals surface area contributed by atoms with Gasteiger partial charge < -0.3 is 9.64 Å². The number of esters is 1. The van der Waals surface area contributed by atoms with Gasteiger partial charge in [0.2, 0.25) is 5.91 Å². The Morgan fingerprint density at radius 2 is 1.96 bits per heavy atom. The number of benzene rings is 2. The second kappa shape index (κ2) is 6.89. The van der Waals surface area contributed by atoms with E-state index in [0.717, 1.165) is 22.4 Å². The first kappa shape index (κ1) is 17.5. The summed E-state index contributed by atoms with van der Waals surface area (Å²) in [4.78, 5) is 26.5. The van der Waals surface area contributed by atoms with E-state index in [4.69, 9.17) is 16.3 Å². The van der Waals surface area contributed by atoms with Crippen LogP contribution in [-0.4, -0.2) is 18.4 Å². The second-order valence-electron chi connectivity index (χ2n) is 6.48. The first-order chi connectivity index (χ1) is 11.9. The summed E-state index contributed by atoms with van der Waals surface area (Å²) in [6, 6.07) is 11.2. The van der Waals surface area contributed by atoms with E-state index >= 15 is 0 Å². The van der Waals surface area contributed by atoms with Gasteiger partial charge in [0, 0.05) is 23.7 Å². The van der Waals surface area contributed by atoms with Gasteiger partial charge >= 0.3 is 5.97 Å². The van der Waals surface area contributed by atoms with Crippen LogP contribution in [0.4, 0.5) is 5.69 Å². The van der Waals surface area contributed by atoms with Crippen LogP contribution in [0.25, 0.3) is 0 Å². The molecular formula is C20H20ClNO3. The van der Waals surface area contributed by atoms with E-state index in [-0.39, 0.29) is 18.3 Å². The molecule has 0 N–H and O–H groups in total. The highest BCUT2D eigenvalue weighted by Crippen LogP contribution is 2.32. The average molecular weight is 358 g/mol. The number of carbonyl (C=O) groups excluding carboxylic acids is 2. The van der Waals surface area contributed by atoms with Crippen LogP contribution in [0.15, 0.2) is 36.4 Å². The van der Waals surface area contributed by atoms with E-state index in [0.29, 0.717) is 17.3 Å². The SMILES string of the molecule is Cc1ccc(C)c(OC(=O)[C@@H]2CC(=O)N(c3cccc(Cl)c3C)C2)c1. The van der Waals surface area contributed by atoms with Crippen LogP contribution in [0, 0.1) is 26.7 Å². The molecule has 25 heavy (non-hydrogen) atoms. The van der Waals surface area contributed by atoms with E-state index in [1.54, 1.807) is 17.0 Å². The summed E-state index contributed by atoms with van der Waals surface area (Å²) in [6.45, 7) is 6.01. The average Bonchev–Trinajstić information content (AvgIpc) is 2.95. The topological polar surface area (TPSA) is 46.6 Å². The van der Waals surface area contributed by atoms with Crippen LogP contribution in [0.2, 0.25) is 5.02 Å². The highest BCUT2D eigenvalue weighted by atomic mass is 35.5.